The summed E-state index contributed by atoms with van der Waals surface area (Å²) in [7, 11) is 1.67. The molecule has 0 unspecified atom stereocenters. The molecule has 0 atom stereocenters. The summed E-state index contributed by atoms with van der Waals surface area (Å²) < 4.78 is 5.13. The molecule has 1 N–H and O–H groups in total. The molecule has 2 heteroatoms. The van der Waals surface area contributed by atoms with Crippen LogP contribution in [0.15, 0.2) is 36.4 Å². The molecule has 0 aromatic heterocycles. The number of hydrogen-bond acceptors (Lipinski definition) is 2. The molecule has 14 heavy (non-hydrogen) atoms. The average molecular weight is 191 g/mol. The number of nitrogens with one attached hydrogen (secondary N) is 1. The SMILES string of the molecule is C=C(CC)CNc1cccc(OC)c1. The Balaban J connectivity index is 2.54. The van der Waals surface area contributed by atoms with Gasteiger partial charge >= 0.3 is 0 Å². The Hall–Kier alpha value is -1.44. The molecule has 0 bridgehead atoms. The Bertz CT molecular complexity index is 307. The molecule has 0 amide bonds. The van der Waals surface area contributed by atoms with Crippen LogP contribution < -0.4 is 10.1 Å². The molecule has 0 saturated heterocycles. The highest BCUT2D eigenvalue weighted by Gasteiger charge is 1.95. The van der Waals surface area contributed by atoms with Gasteiger partial charge in [-0.1, -0.05) is 25.1 Å². The first-order chi connectivity index (χ1) is 6.76. The Morgan fingerprint density at radius 3 is 2.93 bits per heavy atom. The summed E-state index contributed by atoms with van der Waals surface area (Å²) in [6.45, 7) is 6.87. The first kappa shape index (κ1) is 10.6. The van der Waals surface area contributed by atoms with Gasteiger partial charge in [-0.25, -0.2) is 0 Å². The zero-order valence-corrected chi connectivity index (χ0v) is 8.84. The van der Waals surface area contributed by atoms with Gasteiger partial charge in [0.05, 0.1) is 7.11 Å². The van der Waals surface area contributed by atoms with Crippen LogP contribution in [0, 0.1) is 0 Å². The van der Waals surface area contributed by atoms with E-state index in [4.69, 9.17) is 4.74 Å². The molecule has 76 valence electrons. The fourth-order valence-corrected chi connectivity index (χ4v) is 1.09. The molecule has 0 heterocycles. The maximum atomic E-state index is 5.13. The zero-order valence-electron chi connectivity index (χ0n) is 8.84. The van der Waals surface area contributed by atoms with Crippen LogP contribution in [0.4, 0.5) is 5.69 Å². The van der Waals surface area contributed by atoms with E-state index in [1.165, 1.54) is 5.57 Å². The lowest BCUT2D eigenvalue weighted by Gasteiger charge is -2.08. The van der Waals surface area contributed by atoms with Crippen molar-refractivity contribution in [2.24, 2.45) is 0 Å². The Kier molecular flexibility index (Phi) is 4.05. The number of anilines is 1. The lowest BCUT2D eigenvalue weighted by atomic mass is 10.2. The van der Waals surface area contributed by atoms with E-state index in [0.29, 0.717) is 0 Å². The molecular formula is C12H17NO. The minimum absolute atomic E-state index is 0.823. The van der Waals surface area contributed by atoms with Crippen LogP contribution in [0.2, 0.25) is 0 Å². The molecule has 1 aromatic rings. The predicted molar refractivity (Wildman–Crippen MR) is 60.9 cm³/mol. The Labute approximate surface area is 85.6 Å². The maximum absolute atomic E-state index is 5.13. The van der Waals surface area contributed by atoms with E-state index < -0.39 is 0 Å². The van der Waals surface area contributed by atoms with Gasteiger partial charge in [-0.15, -0.1) is 0 Å². The van der Waals surface area contributed by atoms with E-state index in [1.54, 1.807) is 7.11 Å². The third-order valence-corrected chi connectivity index (χ3v) is 2.11. The van der Waals surface area contributed by atoms with Crippen LogP contribution in [-0.4, -0.2) is 13.7 Å². The standard InChI is InChI=1S/C12H17NO/c1-4-10(2)9-13-11-6-5-7-12(8-11)14-3/h5-8,13H,2,4,9H2,1,3H3. The number of hydrogen-bond donors (Lipinski definition) is 1. The van der Waals surface area contributed by atoms with E-state index in [2.05, 4.69) is 18.8 Å². The first-order valence-electron chi connectivity index (χ1n) is 4.81. The zero-order chi connectivity index (χ0) is 10.4. The van der Waals surface area contributed by atoms with Crippen LogP contribution in [-0.2, 0) is 0 Å². The number of ether oxygens (including phenoxy) is 1. The topological polar surface area (TPSA) is 21.3 Å². The molecular weight excluding hydrogens is 174 g/mol. The summed E-state index contributed by atoms with van der Waals surface area (Å²) in [6, 6.07) is 7.89. The fourth-order valence-electron chi connectivity index (χ4n) is 1.09. The fraction of sp³-hybridized carbons (Fsp3) is 0.333. The van der Waals surface area contributed by atoms with Gasteiger partial charge in [-0.3, -0.25) is 0 Å². The minimum atomic E-state index is 0.823. The van der Waals surface area contributed by atoms with Gasteiger partial charge in [0.1, 0.15) is 5.75 Å². The lowest BCUT2D eigenvalue weighted by Crippen LogP contribution is -2.03. The second-order valence-corrected chi connectivity index (χ2v) is 3.19. The summed E-state index contributed by atoms with van der Waals surface area (Å²) in [5, 5.41) is 3.29. The molecule has 1 rings (SSSR count). The third kappa shape index (κ3) is 3.13. The second kappa shape index (κ2) is 5.32. The van der Waals surface area contributed by atoms with Gasteiger partial charge in [0.25, 0.3) is 0 Å². The van der Waals surface area contributed by atoms with Gasteiger partial charge in [0.2, 0.25) is 0 Å². The molecule has 0 aliphatic rings. The molecule has 0 radical (unpaired) electrons. The van der Waals surface area contributed by atoms with Gasteiger partial charge < -0.3 is 10.1 Å². The lowest BCUT2D eigenvalue weighted by molar-refractivity contribution is 0.415. The van der Waals surface area contributed by atoms with Gasteiger partial charge in [0, 0.05) is 18.3 Å². The largest absolute Gasteiger partial charge is 0.497 e. The molecule has 0 aliphatic carbocycles. The van der Waals surface area contributed by atoms with Gasteiger partial charge in [-0.05, 0) is 18.6 Å². The third-order valence-electron chi connectivity index (χ3n) is 2.11. The monoisotopic (exact) mass is 191 g/mol. The van der Waals surface area contributed by atoms with Crippen LogP contribution in [0.1, 0.15) is 13.3 Å². The van der Waals surface area contributed by atoms with Crippen molar-refractivity contribution in [3.63, 3.8) is 0 Å². The highest BCUT2D eigenvalue weighted by atomic mass is 16.5. The summed E-state index contributed by atoms with van der Waals surface area (Å²) in [6.07, 6.45) is 1.01. The van der Waals surface area contributed by atoms with E-state index >= 15 is 0 Å². The van der Waals surface area contributed by atoms with Crippen molar-refractivity contribution in [2.45, 2.75) is 13.3 Å². The Morgan fingerprint density at radius 1 is 1.50 bits per heavy atom. The van der Waals surface area contributed by atoms with Crippen LogP contribution >= 0.6 is 0 Å². The van der Waals surface area contributed by atoms with Crippen LogP contribution in [0.5, 0.6) is 5.75 Å². The van der Waals surface area contributed by atoms with E-state index in [-0.39, 0.29) is 0 Å². The second-order valence-electron chi connectivity index (χ2n) is 3.19. The maximum Gasteiger partial charge on any atom is 0.120 e. The molecule has 0 fully saturated rings. The van der Waals surface area contributed by atoms with Crippen molar-refractivity contribution in [3.8, 4) is 5.75 Å². The number of benzene rings is 1. The molecule has 2 nitrogen and oxygen atoms in total. The van der Waals surface area contributed by atoms with Crippen molar-refractivity contribution in [1.82, 2.24) is 0 Å². The van der Waals surface area contributed by atoms with Gasteiger partial charge in [-0.2, -0.15) is 0 Å². The molecule has 0 aliphatic heterocycles. The first-order valence-corrected chi connectivity index (χ1v) is 4.81. The summed E-state index contributed by atoms with van der Waals surface area (Å²) in [5.74, 6) is 0.872. The molecule has 1 aromatic carbocycles. The van der Waals surface area contributed by atoms with Crippen molar-refractivity contribution in [3.05, 3.63) is 36.4 Å². The van der Waals surface area contributed by atoms with E-state index in [0.717, 1.165) is 24.4 Å². The van der Waals surface area contributed by atoms with Crippen LogP contribution in [0.25, 0.3) is 0 Å². The quantitative estimate of drug-likeness (QED) is 0.722. The highest BCUT2D eigenvalue weighted by molar-refractivity contribution is 5.48. The van der Waals surface area contributed by atoms with E-state index in [1.807, 2.05) is 24.3 Å². The van der Waals surface area contributed by atoms with Crippen molar-refractivity contribution in [2.75, 3.05) is 19.0 Å². The summed E-state index contributed by atoms with van der Waals surface area (Å²) >= 11 is 0. The summed E-state index contributed by atoms with van der Waals surface area (Å²) in [4.78, 5) is 0. The average Bonchev–Trinajstić information content (AvgIpc) is 2.26. The normalized spacial score (nSPS) is 9.57. The van der Waals surface area contributed by atoms with Crippen molar-refractivity contribution < 1.29 is 4.74 Å². The minimum Gasteiger partial charge on any atom is -0.497 e. The number of methoxy groups -OCH3 is 1. The molecule has 0 spiro atoms. The number of rotatable bonds is 5. The highest BCUT2D eigenvalue weighted by Crippen LogP contribution is 2.16. The Morgan fingerprint density at radius 2 is 2.29 bits per heavy atom. The molecule has 0 saturated carbocycles. The van der Waals surface area contributed by atoms with Gasteiger partial charge in [0.15, 0.2) is 0 Å². The smallest absolute Gasteiger partial charge is 0.120 e. The predicted octanol–water partition coefficient (Wildman–Crippen LogP) is 3.07. The summed E-state index contributed by atoms with van der Waals surface area (Å²) in [5.41, 5.74) is 2.27. The van der Waals surface area contributed by atoms with Crippen LogP contribution in [0.3, 0.4) is 0 Å². The van der Waals surface area contributed by atoms with Crippen molar-refractivity contribution >= 4 is 5.69 Å². The van der Waals surface area contributed by atoms with E-state index in [9.17, 15) is 0 Å². The van der Waals surface area contributed by atoms with Crippen molar-refractivity contribution in [1.29, 1.82) is 0 Å².